The third-order valence-corrected chi connectivity index (χ3v) is 7.10. The number of carbonyl (C=O) groups is 1. The van der Waals surface area contributed by atoms with E-state index in [2.05, 4.69) is 5.32 Å². The van der Waals surface area contributed by atoms with Crippen molar-refractivity contribution in [2.24, 2.45) is 0 Å². The molecule has 156 valence electrons. The summed E-state index contributed by atoms with van der Waals surface area (Å²) in [6, 6.07) is 11.6. The smallest absolute Gasteiger partial charge is 0.282 e. The molecule has 29 heavy (non-hydrogen) atoms. The van der Waals surface area contributed by atoms with Crippen LogP contribution in [0.5, 0.6) is 5.75 Å². The van der Waals surface area contributed by atoms with Crippen LogP contribution in [0.2, 0.25) is 0 Å². The van der Waals surface area contributed by atoms with Gasteiger partial charge in [0.1, 0.15) is 11.6 Å². The highest BCUT2D eigenvalue weighted by molar-refractivity contribution is 7.89. The number of sulfonamides is 1. The van der Waals surface area contributed by atoms with Gasteiger partial charge in [0.2, 0.25) is 10.0 Å². The van der Waals surface area contributed by atoms with Crippen molar-refractivity contribution in [1.82, 2.24) is 4.31 Å². The van der Waals surface area contributed by atoms with Gasteiger partial charge in [-0.1, -0.05) is 12.1 Å². The van der Waals surface area contributed by atoms with Crippen LogP contribution in [0.25, 0.3) is 0 Å². The van der Waals surface area contributed by atoms with Gasteiger partial charge in [-0.3, -0.25) is 4.79 Å². The number of para-hydroxylation sites is 2. The monoisotopic (exact) mass is 422 g/mol. The average Bonchev–Trinajstić information content (AvgIpc) is 2.74. The van der Waals surface area contributed by atoms with Crippen LogP contribution in [-0.2, 0) is 14.8 Å². The molecule has 1 amide bonds. The number of ether oxygens (including phenoxy) is 1. The minimum atomic E-state index is -3.67. The Hall–Kier alpha value is -2.49. The number of rotatable bonds is 6. The van der Waals surface area contributed by atoms with Crippen LogP contribution in [0.3, 0.4) is 0 Å². The van der Waals surface area contributed by atoms with Gasteiger partial charge in [0, 0.05) is 0 Å². The fourth-order valence-electron chi connectivity index (χ4n) is 3.38. The van der Waals surface area contributed by atoms with Gasteiger partial charge in [-0.25, -0.2) is 12.8 Å². The second-order valence-electron chi connectivity index (χ2n) is 6.93. The molecule has 0 bridgehead atoms. The molecule has 1 atom stereocenters. The molecule has 2 aromatic rings. The van der Waals surface area contributed by atoms with E-state index in [1.807, 2.05) is 19.1 Å². The zero-order valence-corrected chi connectivity index (χ0v) is 17.2. The number of anilines is 1. The van der Waals surface area contributed by atoms with Gasteiger partial charge in [0.15, 0.2) is 6.04 Å². The standard InChI is InChI=1S/C20H24FN3O4S/c1-15(20(25)22-18-5-3-4-6-19(18)28-2)23-11-13-24(14-12-23)29(26,27)17-9-7-16(21)8-10-17/h3-10,15H,11-14H2,1-2H3,(H,22,25)/p+1/t15-/m1/s1. The van der Waals surface area contributed by atoms with E-state index < -0.39 is 15.8 Å². The van der Waals surface area contributed by atoms with Crippen LogP contribution in [0, 0.1) is 5.82 Å². The molecular formula is C20H25FN3O4S+. The zero-order valence-electron chi connectivity index (χ0n) is 16.4. The first-order chi connectivity index (χ1) is 13.8. The molecule has 1 aliphatic rings. The van der Waals surface area contributed by atoms with Gasteiger partial charge in [0.25, 0.3) is 5.91 Å². The number of benzene rings is 2. The number of hydrogen-bond acceptors (Lipinski definition) is 4. The summed E-state index contributed by atoms with van der Waals surface area (Å²) in [4.78, 5) is 13.7. The Balaban J connectivity index is 1.61. The molecule has 0 unspecified atom stereocenters. The first kappa shape index (κ1) is 21.2. The van der Waals surface area contributed by atoms with Crippen molar-refractivity contribution >= 4 is 21.6 Å². The molecule has 0 radical (unpaired) electrons. The molecule has 0 aromatic heterocycles. The molecule has 0 spiro atoms. The number of nitrogens with one attached hydrogen (secondary N) is 2. The van der Waals surface area contributed by atoms with E-state index in [4.69, 9.17) is 4.74 Å². The van der Waals surface area contributed by atoms with Crippen molar-refractivity contribution in [2.45, 2.75) is 17.9 Å². The summed E-state index contributed by atoms with van der Waals surface area (Å²) < 4.78 is 45.2. The maximum Gasteiger partial charge on any atom is 0.282 e. The SMILES string of the molecule is COc1ccccc1NC(=O)[C@@H](C)[NH+]1CCN(S(=O)(=O)c2ccc(F)cc2)CC1. The van der Waals surface area contributed by atoms with Gasteiger partial charge in [0.05, 0.1) is 43.9 Å². The summed E-state index contributed by atoms with van der Waals surface area (Å²) in [5, 5.41) is 2.88. The Labute approximate surface area is 170 Å². The van der Waals surface area contributed by atoms with Crippen molar-refractivity contribution in [2.75, 3.05) is 38.6 Å². The summed E-state index contributed by atoms with van der Waals surface area (Å²) in [7, 11) is -2.13. The number of hydrogen-bond donors (Lipinski definition) is 2. The van der Waals surface area contributed by atoms with Gasteiger partial charge in [-0.15, -0.1) is 0 Å². The van der Waals surface area contributed by atoms with Gasteiger partial charge in [-0.2, -0.15) is 4.31 Å². The number of piperazine rings is 1. The molecule has 1 heterocycles. The minimum Gasteiger partial charge on any atom is -0.495 e. The van der Waals surface area contributed by atoms with Crippen molar-refractivity contribution < 1.29 is 27.2 Å². The zero-order chi connectivity index (χ0) is 21.0. The normalized spacial score (nSPS) is 16.9. The third-order valence-electron chi connectivity index (χ3n) is 5.19. The summed E-state index contributed by atoms with van der Waals surface area (Å²) in [5.74, 6) is -0.0503. The van der Waals surface area contributed by atoms with E-state index in [-0.39, 0.29) is 16.8 Å². The quantitative estimate of drug-likeness (QED) is 0.720. The van der Waals surface area contributed by atoms with Crippen LogP contribution < -0.4 is 15.0 Å². The van der Waals surface area contributed by atoms with Gasteiger partial charge in [-0.05, 0) is 43.3 Å². The summed E-state index contributed by atoms with van der Waals surface area (Å²) in [5.41, 5.74) is 0.601. The van der Waals surface area contributed by atoms with Crippen LogP contribution >= 0.6 is 0 Å². The van der Waals surface area contributed by atoms with Crippen molar-refractivity contribution in [1.29, 1.82) is 0 Å². The molecular weight excluding hydrogens is 397 g/mol. The summed E-state index contributed by atoms with van der Waals surface area (Å²) >= 11 is 0. The van der Waals surface area contributed by atoms with Gasteiger partial charge >= 0.3 is 0 Å². The highest BCUT2D eigenvalue weighted by atomic mass is 32.2. The first-order valence-corrected chi connectivity index (χ1v) is 10.8. The maximum atomic E-state index is 13.1. The fourth-order valence-corrected chi connectivity index (χ4v) is 4.82. The lowest BCUT2D eigenvalue weighted by Gasteiger charge is -2.34. The molecule has 9 heteroatoms. The molecule has 1 saturated heterocycles. The Kier molecular flexibility index (Phi) is 6.51. The van der Waals surface area contributed by atoms with Crippen LogP contribution in [0.4, 0.5) is 10.1 Å². The van der Waals surface area contributed by atoms with Crippen molar-refractivity contribution in [3.05, 3.63) is 54.3 Å². The van der Waals surface area contributed by atoms with E-state index in [0.29, 0.717) is 37.6 Å². The van der Waals surface area contributed by atoms with Crippen LogP contribution in [0.1, 0.15) is 6.92 Å². The Bertz CT molecular complexity index is 958. The summed E-state index contributed by atoms with van der Waals surface area (Å²) in [6.07, 6.45) is 0. The van der Waals surface area contributed by atoms with Crippen molar-refractivity contribution in [3.8, 4) is 5.75 Å². The fraction of sp³-hybridized carbons (Fsp3) is 0.350. The second kappa shape index (κ2) is 8.89. The number of amides is 1. The molecule has 2 N–H and O–H groups in total. The number of carbonyl (C=O) groups excluding carboxylic acids is 1. The van der Waals surface area contributed by atoms with E-state index in [0.717, 1.165) is 17.0 Å². The predicted octanol–water partition coefficient (Wildman–Crippen LogP) is 0.751. The topological polar surface area (TPSA) is 80.2 Å². The molecule has 2 aromatic carbocycles. The summed E-state index contributed by atoms with van der Waals surface area (Å²) in [6.45, 7) is 3.41. The first-order valence-electron chi connectivity index (χ1n) is 9.37. The third kappa shape index (κ3) is 4.75. The Morgan fingerprint density at radius 1 is 1.14 bits per heavy atom. The Morgan fingerprint density at radius 3 is 2.38 bits per heavy atom. The van der Waals surface area contributed by atoms with Crippen molar-refractivity contribution in [3.63, 3.8) is 0 Å². The number of halogens is 1. The van der Waals surface area contributed by atoms with E-state index in [9.17, 15) is 17.6 Å². The second-order valence-corrected chi connectivity index (χ2v) is 8.87. The number of quaternary nitrogens is 1. The molecule has 1 aliphatic heterocycles. The van der Waals surface area contributed by atoms with Gasteiger partial charge < -0.3 is 15.0 Å². The van der Waals surface area contributed by atoms with E-state index in [1.165, 1.54) is 16.4 Å². The predicted molar refractivity (Wildman–Crippen MR) is 107 cm³/mol. The number of nitrogens with zero attached hydrogens (tertiary/aromatic N) is 1. The maximum absolute atomic E-state index is 13.1. The molecule has 0 aliphatic carbocycles. The highest BCUT2D eigenvalue weighted by Gasteiger charge is 2.34. The highest BCUT2D eigenvalue weighted by Crippen LogP contribution is 2.23. The largest absolute Gasteiger partial charge is 0.495 e. The van der Waals surface area contributed by atoms with E-state index in [1.54, 1.807) is 19.2 Å². The lowest BCUT2D eigenvalue weighted by Crippen LogP contribution is -3.19. The lowest BCUT2D eigenvalue weighted by atomic mass is 10.2. The molecule has 0 saturated carbocycles. The Morgan fingerprint density at radius 2 is 1.76 bits per heavy atom. The molecule has 3 rings (SSSR count). The average molecular weight is 423 g/mol. The lowest BCUT2D eigenvalue weighted by molar-refractivity contribution is -0.917. The van der Waals surface area contributed by atoms with Crippen LogP contribution in [-0.4, -0.2) is 58.0 Å². The van der Waals surface area contributed by atoms with E-state index >= 15 is 0 Å². The number of methoxy groups -OCH3 is 1. The molecule has 7 nitrogen and oxygen atoms in total. The molecule has 1 fully saturated rings. The van der Waals surface area contributed by atoms with Crippen LogP contribution in [0.15, 0.2) is 53.4 Å². The minimum absolute atomic E-state index is 0.0734.